The number of anilines is 1. The van der Waals surface area contributed by atoms with Crippen molar-refractivity contribution in [3.8, 4) is 17.1 Å². The molecule has 6 nitrogen and oxygen atoms in total. The summed E-state index contributed by atoms with van der Waals surface area (Å²) in [5.41, 5.74) is 3.34. The van der Waals surface area contributed by atoms with E-state index < -0.39 is 0 Å². The minimum atomic E-state index is -0.277. The van der Waals surface area contributed by atoms with Gasteiger partial charge in [-0.1, -0.05) is 48.2 Å². The van der Waals surface area contributed by atoms with Gasteiger partial charge in [-0.2, -0.15) is 0 Å². The van der Waals surface area contributed by atoms with Gasteiger partial charge in [-0.25, -0.2) is 9.97 Å². The van der Waals surface area contributed by atoms with Crippen LogP contribution in [0.1, 0.15) is 25.1 Å². The minimum Gasteiger partial charge on any atom is -0.497 e. The summed E-state index contributed by atoms with van der Waals surface area (Å²) in [4.78, 5) is 22.2. The van der Waals surface area contributed by atoms with Crippen molar-refractivity contribution < 1.29 is 14.3 Å². The number of carbonyl (C=O) groups excluding carboxylic acids is 1. The molecule has 1 amide bonds. The Morgan fingerprint density at radius 3 is 2.74 bits per heavy atom. The first-order chi connectivity index (χ1) is 14.9. The zero-order chi connectivity index (χ0) is 21.8. The third-order valence-corrected chi connectivity index (χ3v) is 6.00. The second-order valence-electron chi connectivity index (χ2n) is 7.94. The van der Waals surface area contributed by atoms with E-state index in [1.165, 1.54) is 11.8 Å². The highest BCUT2D eigenvalue weighted by atomic mass is 32.2. The Kier molecular flexibility index (Phi) is 6.25. The second-order valence-corrected chi connectivity index (χ2v) is 8.90. The number of ether oxygens (including phenoxy) is 2. The van der Waals surface area contributed by atoms with Gasteiger partial charge in [0.2, 0.25) is 5.91 Å². The van der Waals surface area contributed by atoms with E-state index in [0.29, 0.717) is 30.3 Å². The molecule has 7 heteroatoms. The van der Waals surface area contributed by atoms with Gasteiger partial charge in [0, 0.05) is 29.3 Å². The van der Waals surface area contributed by atoms with Crippen LogP contribution in [0.25, 0.3) is 11.4 Å². The average Bonchev–Trinajstić information content (AvgIpc) is 2.77. The van der Waals surface area contributed by atoms with Crippen LogP contribution in [0.3, 0.4) is 0 Å². The van der Waals surface area contributed by atoms with E-state index in [-0.39, 0.29) is 17.3 Å². The van der Waals surface area contributed by atoms with Gasteiger partial charge in [-0.05, 0) is 26.0 Å². The lowest BCUT2D eigenvalue weighted by molar-refractivity contribution is -0.113. The predicted octanol–water partition coefficient (Wildman–Crippen LogP) is 4.73. The Labute approximate surface area is 186 Å². The van der Waals surface area contributed by atoms with Gasteiger partial charge in [-0.15, -0.1) is 0 Å². The second kappa shape index (κ2) is 9.08. The van der Waals surface area contributed by atoms with Gasteiger partial charge in [0.05, 0.1) is 30.8 Å². The van der Waals surface area contributed by atoms with E-state index in [2.05, 4.69) is 19.2 Å². The van der Waals surface area contributed by atoms with Crippen LogP contribution in [-0.4, -0.2) is 34.3 Å². The molecular weight excluding hydrogens is 410 g/mol. The predicted molar refractivity (Wildman–Crippen MR) is 122 cm³/mol. The first kappa shape index (κ1) is 21.3. The SMILES string of the molecule is COc1cccc(NC(=O)CSc2nc(-c3ccccc3)nc3c2COC(C)(C)C3)c1. The number of hydrogen-bond acceptors (Lipinski definition) is 6. The lowest BCUT2D eigenvalue weighted by Crippen LogP contribution is -2.33. The molecule has 160 valence electrons. The largest absolute Gasteiger partial charge is 0.497 e. The molecule has 0 fully saturated rings. The van der Waals surface area contributed by atoms with Crippen molar-refractivity contribution in [3.05, 3.63) is 65.9 Å². The first-order valence-electron chi connectivity index (χ1n) is 10.1. The van der Waals surface area contributed by atoms with E-state index in [9.17, 15) is 4.79 Å². The van der Waals surface area contributed by atoms with Crippen LogP contribution >= 0.6 is 11.8 Å². The topological polar surface area (TPSA) is 73.3 Å². The number of fused-ring (bicyclic) bond motifs is 1. The first-order valence-corrected chi connectivity index (χ1v) is 11.1. The number of benzene rings is 2. The molecule has 0 bridgehead atoms. The van der Waals surface area contributed by atoms with Crippen molar-refractivity contribution in [2.75, 3.05) is 18.2 Å². The van der Waals surface area contributed by atoms with E-state index >= 15 is 0 Å². The van der Waals surface area contributed by atoms with Gasteiger partial charge in [0.25, 0.3) is 0 Å². The highest BCUT2D eigenvalue weighted by Gasteiger charge is 2.30. The molecule has 1 aliphatic rings. The molecule has 0 radical (unpaired) electrons. The maximum absolute atomic E-state index is 12.6. The smallest absolute Gasteiger partial charge is 0.234 e. The number of amides is 1. The summed E-state index contributed by atoms with van der Waals surface area (Å²) < 4.78 is 11.2. The molecule has 2 aromatic carbocycles. The monoisotopic (exact) mass is 435 g/mol. The summed E-state index contributed by atoms with van der Waals surface area (Å²) in [7, 11) is 1.60. The van der Waals surface area contributed by atoms with Crippen molar-refractivity contribution >= 4 is 23.4 Å². The molecule has 0 spiro atoms. The van der Waals surface area contributed by atoms with Gasteiger partial charge < -0.3 is 14.8 Å². The fraction of sp³-hybridized carbons (Fsp3) is 0.292. The van der Waals surface area contributed by atoms with Crippen LogP contribution in [0.5, 0.6) is 5.75 Å². The van der Waals surface area contributed by atoms with Crippen LogP contribution in [0.4, 0.5) is 5.69 Å². The zero-order valence-electron chi connectivity index (χ0n) is 17.8. The molecule has 0 aliphatic carbocycles. The number of hydrogen-bond donors (Lipinski definition) is 1. The molecule has 1 N–H and O–H groups in total. The van der Waals surface area contributed by atoms with Gasteiger partial charge in [0.1, 0.15) is 10.8 Å². The third kappa shape index (κ3) is 5.24. The zero-order valence-corrected chi connectivity index (χ0v) is 18.7. The normalized spacial score (nSPS) is 14.5. The number of nitrogens with one attached hydrogen (secondary N) is 1. The molecule has 1 aliphatic heterocycles. The number of carbonyl (C=O) groups is 1. The molecule has 0 saturated heterocycles. The van der Waals surface area contributed by atoms with Gasteiger partial charge in [0.15, 0.2) is 5.82 Å². The summed E-state index contributed by atoms with van der Waals surface area (Å²) in [6.45, 7) is 4.57. The van der Waals surface area contributed by atoms with Crippen LogP contribution in [0.15, 0.2) is 59.6 Å². The summed E-state index contributed by atoms with van der Waals surface area (Å²) in [5, 5.41) is 3.70. The van der Waals surface area contributed by atoms with E-state index in [4.69, 9.17) is 19.4 Å². The standard InChI is InChI=1S/C24H25N3O3S/c1-24(2)13-20-19(14-30-24)23(27-22(26-20)16-8-5-4-6-9-16)31-15-21(28)25-17-10-7-11-18(12-17)29-3/h4-12H,13-15H2,1-3H3,(H,25,28). The fourth-order valence-corrected chi connectivity index (χ4v) is 4.23. The quantitative estimate of drug-likeness (QED) is 0.446. The van der Waals surface area contributed by atoms with Crippen LogP contribution in [0, 0.1) is 0 Å². The van der Waals surface area contributed by atoms with Crippen molar-refractivity contribution in [2.24, 2.45) is 0 Å². The molecule has 1 aromatic heterocycles. The maximum atomic E-state index is 12.6. The fourth-order valence-electron chi connectivity index (χ4n) is 3.39. The molecule has 0 atom stereocenters. The Hall–Kier alpha value is -2.90. The van der Waals surface area contributed by atoms with Crippen LogP contribution < -0.4 is 10.1 Å². The molecule has 31 heavy (non-hydrogen) atoms. The third-order valence-electron chi connectivity index (χ3n) is 4.98. The highest BCUT2D eigenvalue weighted by molar-refractivity contribution is 8.00. The van der Waals surface area contributed by atoms with E-state index in [1.54, 1.807) is 13.2 Å². The van der Waals surface area contributed by atoms with Crippen molar-refractivity contribution in [2.45, 2.75) is 37.5 Å². The lowest BCUT2D eigenvalue weighted by atomic mass is 9.96. The number of methoxy groups -OCH3 is 1. The summed E-state index contributed by atoms with van der Waals surface area (Å²) in [6.07, 6.45) is 0.703. The number of thioether (sulfide) groups is 1. The average molecular weight is 436 g/mol. The molecule has 2 heterocycles. The van der Waals surface area contributed by atoms with Crippen LogP contribution in [-0.2, 0) is 22.6 Å². The maximum Gasteiger partial charge on any atom is 0.234 e. The van der Waals surface area contributed by atoms with Crippen molar-refractivity contribution in [1.29, 1.82) is 0 Å². The Morgan fingerprint density at radius 1 is 1.16 bits per heavy atom. The molecule has 0 saturated carbocycles. The Balaban J connectivity index is 1.56. The van der Waals surface area contributed by atoms with Gasteiger partial charge >= 0.3 is 0 Å². The highest BCUT2D eigenvalue weighted by Crippen LogP contribution is 2.34. The minimum absolute atomic E-state index is 0.107. The van der Waals surface area contributed by atoms with Crippen molar-refractivity contribution in [1.82, 2.24) is 9.97 Å². The molecular formula is C24H25N3O3S. The van der Waals surface area contributed by atoms with Crippen molar-refractivity contribution in [3.63, 3.8) is 0 Å². The number of nitrogens with zero attached hydrogens (tertiary/aromatic N) is 2. The number of rotatable bonds is 6. The van der Waals surface area contributed by atoms with Gasteiger partial charge in [-0.3, -0.25) is 4.79 Å². The molecule has 4 rings (SSSR count). The lowest BCUT2D eigenvalue weighted by Gasteiger charge is -2.32. The van der Waals surface area contributed by atoms with Crippen LogP contribution in [0.2, 0.25) is 0 Å². The molecule has 0 unspecified atom stereocenters. The van der Waals surface area contributed by atoms with E-state index in [0.717, 1.165) is 21.8 Å². The van der Waals surface area contributed by atoms with E-state index in [1.807, 2.05) is 48.5 Å². The summed E-state index contributed by atoms with van der Waals surface area (Å²) in [6, 6.07) is 17.2. The number of aromatic nitrogens is 2. The molecule has 3 aromatic rings. The summed E-state index contributed by atoms with van der Waals surface area (Å²) >= 11 is 1.41. The Bertz CT molecular complexity index is 1090. The summed E-state index contributed by atoms with van der Waals surface area (Å²) in [5.74, 6) is 1.50. The Morgan fingerprint density at radius 2 is 1.97 bits per heavy atom.